The highest BCUT2D eigenvalue weighted by molar-refractivity contribution is 5.82. The van der Waals surface area contributed by atoms with Crippen molar-refractivity contribution in [2.45, 2.75) is 50.8 Å². The second kappa shape index (κ2) is 9.53. The zero-order chi connectivity index (χ0) is 24.4. The van der Waals surface area contributed by atoms with E-state index in [9.17, 15) is 14.4 Å². The van der Waals surface area contributed by atoms with Crippen LogP contribution < -0.4 is 15.6 Å². The average Bonchev–Trinajstić information content (AvgIpc) is 3.44. The van der Waals surface area contributed by atoms with Gasteiger partial charge in [0.2, 0.25) is 11.7 Å². The van der Waals surface area contributed by atoms with Crippen LogP contribution in [0.15, 0.2) is 47.3 Å². The largest absolute Gasteiger partial charge is 0.485 e. The van der Waals surface area contributed by atoms with E-state index in [1.54, 1.807) is 12.1 Å². The van der Waals surface area contributed by atoms with Crippen LogP contribution in [0.2, 0.25) is 0 Å². The molecule has 1 saturated carbocycles. The van der Waals surface area contributed by atoms with Crippen molar-refractivity contribution in [1.29, 1.82) is 0 Å². The molecule has 3 heterocycles. The molecule has 3 aromatic rings. The van der Waals surface area contributed by atoms with E-state index in [0.717, 1.165) is 34.3 Å². The number of tetrazole rings is 1. The Morgan fingerprint density at radius 2 is 1.94 bits per heavy atom. The number of carboxylic acids is 1. The van der Waals surface area contributed by atoms with Gasteiger partial charge in [0.25, 0.3) is 5.56 Å². The minimum absolute atomic E-state index is 0.0146. The molecule has 2 aliphatic rings. The van der Waals surface area contributed by atoms with Crippen molar-refractivity contribution < 1.29 is 19.4 Å². The molecule has 0 unspecified atom stereocenters. The monoisotopic (exact) mass is 476 g/mol. The van der Waals surface area contributed by atoms with Crippen LogP contribution in [0, 0.1) is 0 Å². The number of benzene rings is 1. The average molecular weight is 476 g/mol. The molecule has 1 aliphatic heterocycles. The number of carbonyl (C=O) groups excluding carboxylic acids is 1. The molecule has 1 atom stereocenters. The Morgan fingerprint density at radius 1 is 1.14 bits per heavy atom. The van der Waals surface area contributed by atoms with E-state index in [2.05, 4.69) is 25.7 Å². The fourth-order valence-corrected chi connectivity index (χ4v) is 4.06. The standard InChI is InChI=1S/C24H24N6O5/c31-22-10-5-16(25-22)11-19(20-9-8-18(14-1-2-14)24(34)26-20)15-3-6-17(7-4-15)35-13-21-27-29-30(28-21)12-23(32)33/h3-4,6-9,11,14,16H,1-2,5,10,12-13H2,(H,25,31)(H,26,34)(H,32,33)/b19-11+/t16-/m1/s1. The van der Waals surface area contributed by atoms with E-state index in [4.69, 9.17) is 9.84 Å². The molecule has 1 amide bonds. The van der Waals surface area contributed by atoms with Gasteiger partial charge in [-0.1, -0.05) is 24.3 Å². The van der Waals surface area contributed by atoms with Crippen LogP contribution >= 0.6 is 0 Å². The van der Waals surface area contributed by atoms with Gasteiger partial charge in [-0.15, -0.1) is 10.2 Å². The Bertz CT molecular complexity index is 1340. The van der Waals surface area contributed by atoms with Gasteiger partial charge in [-0.3, -0.25) is 14.4 Å². The molecule has 2 aromatic heterocycles. The molecule has 0 bridgehead atoms. The fourth-order valence-electron chi connectivity index (χ4n) is 4.06. The molecule has 1 aromatic carbocycles. The highest BCUT2D eigenvalue weighted by atomic mass is 16.5. The molecule has 35 heavy (non-hydrogen) atoms. The summed E-state index contributed by atoms with van der Waals surface area (Å²) in [7, 11) is 0. The third-order valence-electron chi connectivity index (χ3n) is 5.95. The van der Waals surface area contributed by atoms with Crippen molar-refractivity contribution in [3.8, 4) is 5.75 Å². The van der Waals surface area contributed by atoms with Gasteiger partial charge in [-0.2, -0.15) is 4.80 Å². The molecule has 1 aliphatic carbocycles. The number of nitrogens with one attached hydrogen (secondary N) is 2. The lowest BCUT2D eigenvalue weighted by Crippen LogP contribution is -2.23. The highest BCUT2D eigenvalue weighted by Gasteiger charge is 2.26. The molecule has 0 spiro atoms. The van der Waals surface area contributed by atoms with Crippen molar-refractivity contribution in [3.05, 3.63) is 75.5 Å². The van der Waals surface area contributed by atoms with Gasteiger partial charge in [0.05, 0.1) is 0 Å². The molecule has 2 fully saturated rings. The molecule has 180 valence electrons. The summed E-state index contributed by atoms with van der Waals surface area (Å²) >= 11 is 0. The maximum atomic E-state index is 12.7. The molecule has 5 rings (SSSR count). The lowest BCUT2D eigenvalue weighted by atomic mass is 9.98. The van der Waals surface area contributed by atoms with Crippen molar-refractivity contribution in [2.24, 2.45) is 0 Å². The molecule has 3 N–H and O–H groups in total. The number of aromatic amines is 1. The lowest BCUT2D eigenvalue weighted by molar-refractivity contribution is -0.138. The van der Waals surface area contributed by atoms with Gasteiger partial charge in [0.15, 0.2) is 13.2 Å². The number of carbonyl (C=O) groups is 2. The van der Waals surface area contributed by atoms with Crippen LogP contribution in [0.3, 0.4) is 0 Å². The number of hydrogen-bond acceptors (Lipinski definition) is 7. The van der Waals surface area contributed by atoms with Gasteiger partial charge in [0.1, 0.15) is 5.75 Å². The maximum Gasteiger partial charge on any atom is 0.327 e. The predicted molar refractivity (Wildman–Crippen MR) is 124 cm³/mol. The summed E-state index contributed by atoms with van der Waals surface area (Å²) in [5, 5.41) is 23.2. The van der Waals surface area contributed by atoms with E-state index >= 15 is 0 Å². The SMILES string of the molecule is O=C(O)Cn1nnc(COc2ccc(/C(=C\[C@H]3CCC(=O)N3)c3ccc(C4CC4)c(=O)[nH]3)cc2)n1. The van der Waals surface area contributed by atoms with E-state index in [-0.39, 0.29) is 36.5 Å². The second-order valence-electron chi connectivity index (χ2n) is 8.67. The summed E-state index contributed by atoms with van der Waals surface area (Å²) in [6, 6.07) is 11.0. The summed E-state index contributed by atoms with van der Waals surface area (Å²) in [6.07, 6.45) is 5.25. The van der Waals surface area contributed by atoms with Crippen molar-refractivity contribution in [2.75, 3.05) is 0 Å². The van der Waals surface area contributed by atoms with Gasteiger partial charge in [-0.05, 0) is 54.2 Å². The second-order valence-corrected chi connectivity index (χ2v) is 8.67. The number of amides is 1. The molecular formula is C24H24N6O5. The lowest BCUT2D eigenvalue weighted by Gasteiger charge is -2.13. The van der Waals surface area contributed by atoms with E-state index < -0.39 is 5.97 Å². The van der Waals surface area contributed by atoms with Crippen molar-refractivity contribution >= 4 is 17.4 Å². The molecule has 11 heteroatoms. The Morgan fingerprint density at radius 3 is 2.60 bits per heavy atom. The first-order valence-electron chi connectivity index (χ1n) is 11.4. The number of hydrogen-bond donors (Lipinski definition) is 3. The number of ether oxygens (including phenoxy) is 1. The van der Waals surface area contributed by atoms with E-state index in [1.165, 1.54) is 0 Å². The minimum atomic E-state index is -1.06. The fraction of sp³-hybridized carbons (Fsp3) is 0.333. The summed E-state index contributed by atoms with van der Waals surface area (Å²) in [5.41, 5.74) is 3.11. The maximum absolute atomic E-state index is 12.7. The van der Waals surface area contributed by atoms with Gasteiger partial charge in [-0.25, -0.2) is 0 Å². The Kier molecular flexibility index (Phi) is 6.13. The van der Waals surface area contributed by atoms with Crippen LogP contribution in [-0.4, -0.2) is 48.2 Å². The van der Waals surface area contributed by atoms with E-state index in [0.29, 0.717) is 30.2 Å². The normalized spacial score (nSPS) is 17.9. The number of aliphatic carboxylic acids is 1. The summed E-state index contributed by atoms with van der Waals surface area (Å²) in [6.45, 7) is -0.340. The topological polar surface area (TPSA) is 152 Å². The van der Waals surface area contributed by atoms with Crippen molar-refractivity contribution in [1.82, 2.24) is 30.5 Å². The summed E-state index contributed by atoms with van der Waals surface area (Å²) in [4.78, 5) is 39.1. The Labute approximate surface area is 199 Å². The molecule has 0 radical (unpaired) electrons. The Balaban J connectivity index is 1.35. The van der Waals surface area contributed by atoms with Crippen LogP contribution in [-0.2, 0) is 22.7 Å². The Hall–Kier alpha value is -4.28. The first-order valence-corrected chi connectivity index (χ1v) is 11.4. The number of carboxylic acid groups (broad SMARTS) is 1. The summed E-state index contributed by atoms with van der Waals surface area (Å²) in [5.74, 6) is 0.137. The number of rotatable bonds is 9. The van der Waals surface area contributed by atoms with Crippen LogP contribution in [0.4, 0.5) is 0 Å². The molecular weight excluding hydrogens is 452 g/mol. The first kappa shape index (κ1) is 22.5. The number of aromatic nitrogens is 5. The van der Waals surface area contributed by atoms with E-state index in [1.807, 2.05) is 30.3 Å². The van der Waals surface area contributed by atoms with Crippen LogP contribution in [0.5, 0.6) is 5.75 Å². The molecule has 1 saturated heterocycles. The predicted octanol–water partition coefficient (Wildman–Crippen LogP) is 1.61. The van der Waals surface area contributed by atoms with Crippen LogP contribution in [0.25, 0.3) is 5.57 Å². The van der Waals surface area contributed by atoms with Gasteiger partial charge in [0, 0.05) is 29.3 Å². The van der Waals surface area contributed by atoms with Crippen molar-refractivity contribution in [3.63, 3.8) is 0 Å². The zero-order valence-electron chi connectivity index (χ0n) is 18.8. The number of nitrogens with zero attached hydrogens (tertiary/aromatic N) is 4. The van der Waals surface area contributed by atoms with Crippen LogP contribution in [0.1, 0.15) is 54.2 Å². The first-order chi connectivity index (χ1) is 16.9. The quantitative estimate of drug-likeness (QED) is 0.421. The number of pyridine rings is 1. The zero-order valence-corrected chi connectivity index (χ0v) is 18.8. The third-order valence-corrected chi connectivity index (χ3v) is 5.95. The third kappa shape index (κ3) is 5.45. The minimum Gasteiger partial charge on any atom is -0.485 e. The number of H-pyrrole nitrogens is 1. The van der Waals surface area contributed by atoms with Gasteiger partial charge < -0.3 is 20.1 Å². The van der Waals surface area contributed by atoms with Gasteiger partial charge >= 0.3 is 5.97 Å². The summed E-state index contributed by atoms with van der Waals surface area (Å²) < 4.78 is 5.71. The highest BCUT2D eigenvalue weighted by Crippen LogP contribution is 2.38. The smallest absolute Gasteiger partial charge is 0.327 e. The molecule has 11 nitrogen and oxygen atoms in total.